The number of hydroxylamine groups is 1. The Morgan fingerprint density at radius 3 is 2.30 bits per heavy atom. The molecule has 0 heterocycles. The van der Waals surface area contributed by atoms with Crippen LogP contribution in [0, 0.1) is 0 Å². The molecule has 1 atom stereocenters. The summed E-state index contributed by atoms with van der Waals surface area (Å²) in [5, 5.41) is 9.14. The number of carbonyl (C=O) groups is 1. The molecule has 0 aliphatic carbocycles. The topological polar surface area (TPSA) is 58.6 Å². The second-order valence-electron chi connectivity index (χ2n) is 6.02. The summed E-state index contributed by atoms with van der Waals surface area (Å²) in [5.74, 6) is -0.432. The van der Waals surface area contributed by atoms with Crippen LogP contribution in [0.5, 0.6) is 5.75 Å². The molecule has 27 heavy (non-hydrogen) atoms. The third-order valence-corrected chi connectivity index (χ3v) is 4.15. The number of amides is 1. The van der Waals surface area contributed by atoms with Crippen molar-refractivity contribution in [1.82, 2.24) is 5.48 Å². The van der Waals surface area contributed by atoms with E-state index < -0.39 is 11.8 Å². The number of carbonyl (C=O) groups excluding carboxylic acids is 1. The molecule has 0 fully saturated rings. The summed E-state index contributed by atoms with van der Waals surface area (Å²) in [6, 6.07) is 26.7. The molecule has 0 aliphatic rings. The van der Waals surface area contributed by atoms with Crippen LogP contribution in [0.4, 0.5) is 0 Å². The Kier molecular flexibility index (Phi) is 6.39. The Morgan fingerprint density at radius 2 is 1.59 bits per heavy atom. The van der Waals surface area contributed by atoms with E-state index in [9.17, 15) is 4.79 Å². The van der Waals surface area contributed by atoms with Crippen LogP contribution in [0.15, 0.2) is 91.0 Å². The van der Waals surface area contributed by atoms with E-state index in [1.165, 1.54) is 0 Å². The van der Waals surface area contributed by atoms with Crippen LogP contribution in [0.3, 0.4) is 0 Å². The lowest BCUT2D eigenvalue weighted by molar-refractivity contribution is -0.129. The third kappa shape index (κ3) is 5.06. The summed E-state index contributed by atoms with van der Waals surface area (Å²) in [6.07, 6.45) is 3.94. The molecular weight excluding hydrogens is 338 g/mol. The zero-order valence-electron chi connectivity index (χ0n) is 14.8. The lowest BCUT2D eigenvalue weighted by Gasteiger charge is -2.16. The van der Waals surface area contributed by atoms with Gasteiger partial charge in [-0.1, -0.05) is 78.9 Å². The second-order valence-corrected chi connectivity index (χ2v) is 6.02. The van der Waals surface area contributed by atoms with Crippen molar-refractivity contribution in [3.05, 3.63) is 108 Å². The van der Waals surface area contributed by atoms with E-state index in [0.717, 1.165) is 16.7 Å². The summed E-state index contributed by atoms with van der Waals surface area (Å²) in [4.78, 5) is 12.2. The van der Waals surface area contributed by atoms with E-state index in [4.69, 9.17) is 9.94 Å². The minimum atomic E-state index is -0.611. The van der Waals surface area contributed by atoms with Crippen molar-refractivity contribution in [2.75, 3.05) is 6.61 Å². The van der Waals surface area contributed by atoms with Crippen LogP contribution in [0.1, 0.15) is 22.6 Å². The van der Waals surface area contributed by atoms with E-state index in [2.05, 4.69) is 0 Å². The summed E-state index contributed by atoms with van der Waals surface area (Å²) in [7, 11) is 0. The SMILES string of the molecule is O=C(NO)C(c1ccccc1)c1cccc(OC/C=C/c2ccccc2)c1. The molecule has 4 nitrogen and oxygen atoms in total. The molecule has 0 aliphatic heterocycles. The van der Waals surface area contributed by atoms with Gasteiger partial charge in [0.2, 0.25) is 0 Å². The molecule has 0 aromatic heterocycles. The first-order chi connectivity index (χ1) is 13.3. The molecule has 0 spiro atoms. The van der Waals surface area contributed by atoms with E-state index >= 15 is 0 Å². The van der Waals surface area contributed by atoms with Crippen LogP contribution in [0.25, 0.3) is 6.08 Å². The monoisotopic (exact) mass is 359 g/mol. The number of hydrogen-bond donors (Lipinski definition) is 2. The standard InChI is InChI=1S/C23H21NO3/c25-23(24-26)22(19-12-5-2-6-13-19)20-14-7-15-21(17-20)27-16-8-11-18-9-3-1-4-10-18/h1-15,17,22,26H,16H2,(H,24,25)/b11-8+. The smallest absolute Gasteiger partial charge is 0.255 e. The number of benzene rings is 3. The molecule has 4 heteroatoms. The maximum atomic E-state index is 12.2. The fraction of sp³-hybridized carbons (Fsp3) is 0.0870. The van der Waals surface area contributed by atoms with Crippen molar-refractivity contribution in [2.45, 2.75) is 5.92 Å². The molecule has 1 unspecified atom stereocenters. The van der Waals surface area contributed by atoms with Gasteiger partial charge in [-0.3, -0.25) is 10.0 Å². The summed E-state index contributed by atoms with van der Waals surface area (Å²) >= 11 is 0. The number of nitrogens with one attached hydrogen (secondary N) is 1. The molecule has 0 radical (unpaired) electrons. The molecule has 3 aromatic rings. The Hall–Kier alpha value is -3.37. The van der Waals surface area contributed by atoms with Crippen LogP contribution >= 0.6 is 0 Å². The highest BCUT2D eigenvalue weighted by Gasteiger charge is 2.22. The Morgan fingerprint density at radius 1 is 0.926 bits per heavy atom. The fourth-order valence-electron chi connectivity index (χ4n) is 2.88. The van der Waals surface area contributed by atoms with E-state index in [-0.39, 0.29) is 0 Å². The van der Waals surface area contributed by atoms with Gasteiger partial charge in [0.15, 0.2) is 0 Å². The molecule has 2 N–H and O–H groups in total. The summed E-state index contributed by atoms with van der Waals surface area (Å²) in [6.45, 7) is 0.417. The van der Waals surface area contributed by atoms with Gasteiger partial charge in [-0.15, -0.1) is 0 Å². The molecule has 3 rings (SSSR count). The van der Waals surface area contributed by atoms with Crippen molar-refractivity contribution in [2.24, 2.45) is 0 Å². The second kappa shape index (κ2) is 9.36. The van der Waals surface area contributed by atoms with E-state index in [1.807, 2.05) is 97.1 Å². The number of hydrogen-bond acceptors (Lipinski definition) is 3. The largest absolute Gasteiger partial charge is 0.490 e. The highest BCUT2D eigenvalue weighted by molar-refractivity contribution is 5.86. The highest BCUT2D eigenvalue weighted by atomic mass is 16.5. The maximum Gasteiger partial charge on any atom is 0.255 e. The Bertz CT molecular complexity index is 892. The van der Waals surface area contributed by atoms with E-state index in [0.29, 0.717) is 12.4 Å². The lowest BCUT2D eigenvalue weighted by atomic mass is 9.90. The first-order valence-corrected chi connectivity index (χ1v) is 8.71. The zero-order chi connectivity index (χ0) is 18.9. The van der Waals surface area contributed by atoms with Crippen LogP contribution < -0.4 is 10.2 Å². The first-order valence-electron chi connectivity index (χ1n) is 8.71. The fourth-order valence-corrected chi connectivity index (χ4v) is 2.88. The van der Waals surface area contributed by atoms with E-state index in [1.54, 1.807) is 5.48 Å². The van der Waals surface area contributed by atoms with Gasteiger partial charge in [-0.05, 0) is 34.9 Å². The molecule has 136 valence electrons. The van der Waals surface area contributed by atoms with Crippen LogP contribution in [-0.4, -0.2) is 17.7 Å². The number of rotatable bonds is 7. The normalized spacial score (nSPS) is 11.9. The summed E-state index contributed by atoms with van der Waals surface area (Å²) in [5.41, 5.74) is 4.41. The average Bonchev–Trinajstić information content (AvgIpc) is 2.73. The van der Waals surface area contributed by atoms with Crippen molar-refractivity contribution in [3.8, 4) is 5.75 Å². The molecule has 3 aromatic carbocycles. The van der Waals surface area contributed by atoms with Gasteiger partial charge in [0, 0.05) is 0 Å². The van der Waals surface area contributed by atoms with Crippen molar-refractivity contribution in [1.29, 1.82) is 0 Å². The third-order valence-electron chi connectivity index (χ3n) is 4.15. The van der Waals surface area contributed by atoms with Gasteiger partial charge < -0.3 is 4.74 Å². The van der Waals surface area contributed by atoms with Gasteiger partial charge >= 0.3 is 0 Å². The minimum absolute atomic E-state index is 0.417. The predicted octanol–water partition coefficient (Wildman–Crippen LogP) is 4.42. The lowest BCUT2D eigenvalue weighted by Crippen LogP contribution is -2.27. The van der Waals surface area contributed by atoms with Gasteiger partial charge in [0.25, 0.3) is 5.91 Å². The Labute approximate surface area is 158 Å². The maximum absolute atomic E-state index is 12.2. The van der Waals surface area contributed by atoms with Crippen molar-refractivity contribution >= 4 is 12.0 Å². The highest BCUT2D eigenvalue weighted by Crippen LogP contribution is 2.27. The Balaban J connectivity index is 1.73. The molecular formula is C23H21NO3. The van der Waals surface area contributed by atoms with Gasteiger partial charge in [0.05, 0.1) is 5.92 Å². The van der Waals surface area contributed by atoms with Gasteiger partial charge in [0.1, 0.15) is 12.4 Å². The van der Waals surface area contributed by atoms with Crippen molar-refractivity contribution in [3.63, 3.8) is 0 Å². The predicted molar refractivity (Wildman–Crippen MR) is 106 cm³/mol. The minimum Gasteiger partial charge on any atom is -0.490 e. The molecule has 0 saturated carbocycles. The van der Waals surface area contributed by atoms with Gasteiger partial charge in [-0.25, -0.2) is 5.48 Å². The zero-order valence-corrected chi connectivity index (χ0v) is 14.8. The van der Waals surface area contributed by atoms with Gasteiger partial charge in [-0.2, -0.15) is 0 Å². The quantitative estimate of drug-likeness (QED) is 0.485. The number of ether oxygens (including phenoxy) is 1. The van der Waals surface area contributed by atoms with Crippen LogP contribution in [0.2, 0.25) is 0 Å². The van der Waals surface area contributed by atoms with Crippen molar-refractivity contribution < 1.29 is 14.7 Å². The average molecular weight is 359 g/mol. The summed E-state index contributed by atoms with van der Waals surface area (Å²) < 4.78 is 5.79. The first kappa shape index (κ1) is 18.4. The molecule has 1 amide bonds. The molecule has 0 saturated heterocycles. The van der Waals surface area contributed by atoms with Crippen LogP contribution in [-0.2, 0) is 4.79 Å². The molecule has 0 bridgehead atoms.